The number of thiazole rings is 1. The Bertz CT molecular complexity index is 273. The first-order valence-corrected chi connectivity index (χ1v) is 5.17. The Morgan fingerprint density at radius 3 is 2.77 bits per heavy atom. The van der Waals surface area contributed by atoms with E-state index >= 15 is 0 Å². The highest BCUT2D eigenvalue weighted by molar-refractivity contribution is 7.11. The standard InChI is InChI=1S/C9H16N2OS/c1-6(12-3)4-9-11-7(2)8(5-10)13-9/h6H,4-5,10H2,1-3H3. The van der Waals surface area contributed by atoms with Gasteiger partial charge in [-0.2, -0.15) is 0 Å². The van der Waals surface area contributed by atoms with Crippen molar-refractivity contribution in [2.45, 2.75) is 32.9 Å². The van der Waals surface area contributed by atoms with Gasteiger partial charge >= 0.3 is 0 Å². The van der Waals surface area contributed by atoms with Gasteiger partial charge in [-0.05, 0) is 13.8 Å². The highest BCUT2D eigenvalue weighted by Gasteiger charge is 2.08. The fourth-order valence-corrected chi connectivity index (χ4v) is 2.16. The van der Waals surface area contributed by atoms with Crippen LogP contribution in [0, 0.1) is 6.92 Å². The van der Waals surface area contributed by atoms with Gasteiger partial charge in [-0.15, -0.1) is 11.3 Å². The zero-order valence-electron chi connectivity index (χ0n) is 8.33. The summed E-state index contributed by atoms with van der Waals surface area (Å²) in [5.41, 5.74) is 6.63. The third-order valence-corrected chi connectivity index (χ3v) is 3.19. The third kappa shape index (κ3) is 2.76. The van der Waals surface area contributed by atoms with Crippen LogP contribution in [-0.4, -0.2) is 18.2 Å². The molecule has 0 spiro atoms. The molecule has 0 aliphatic heterocycles. The minimum atomic E-state index is 0.233. The molecule has 0 fully saturated rings. The van der Waals surface area contributed by atoms with E-state index in [0.29, 0.717) is 6.54 Å². The molecule has 1 unspecified atom stereocenters. The van der Waals surface area contributed by atoms with E-state index in [2.05, 4.69) is 4.98 Å². The van der Waals surface area contributed by atoms with Crippen molar-refractivity contribution in [1.29, 1.82) is 0 Å². The van der Waals surface area contributed by atoms with E-state index in [1.807, 2.05) is 13.8 Å². The number of ether oxygens (including phenoxy) is 1. The maximum absolute atomic E-state index is 5.57. The van der Waals surface area contributed by atoms with Crippen molar-refractivity contribution in [3.8, 4) is 0 Å². The monoisotopic (exact) mass is 200 g/mol. The second-order valence-corrected chi connectivity index (χ2v) is 4.24. The number of aryl methyl sites for hydroxylation is 1. The molecule has 0 saturated heterocycles. The number of hydrogen-bond acceptors (Lipinski definition) is 4. The summed E-state index contributed by atoms with van der Waals surface area (Å²) in [6.07, 6.45) is 1.11. The normalized spacial score (nSPS) is 13.2. The van der Waals surface area contributed by atoms with E-state index in [4.69, 9.17) is 10.5 Å². The van der Waals surface area contributed by atoms with Crippen molar-refractivity contribution < 1.29 is 4.74 Å². The van der Waals surface area contributed by atoms with Crippen molar-refractivity contribution in [3.05, 3.63) is 15.6 Å². The van der Waals surface area contributed by atoms with Crippen LogP contribution < -0.4 is 5.73 Å². The van der Waals surface area contributed by atoms with Crippen molar-refractivity contribution in [3.63, 3.8) is 0 Å². The predicted octanol–water partition coefficient (Wildman–Crippen LogP) is 1.49. The Morgan fingerprint density at radius 1 is 1.62 bits per heavy atom. The van der Waals surface area contributed by atoms with E-state index in [-0.39, 0.29) is 6.10 Å². The lowest BCUT2D eigenvalue weighted by atomic mass is 10.3. The molecule has 0 radical (unpaired) electrons. The Kier molecular flexibility index (Phi) is 3.84. The molecule has 2 N–H and O–H groups in total. The number of nitrogens with zero attached hydrogens (tertiary/aromatic N) is 1. The van der Waals surface area contributed by atoms with Gasteiger partial charge < -0.3 is 10.5 Å². The predicted molar refractivity (Wildman–Crippen MR) is 54.9 cm³/mol. The Hall–Kier alpha value is -0.450. The highest BCUT2D eigenvalue weighted by Crippen LogP contribution is 2.18. The van der Waals surface area contributed by atoms with Gasteiger partial charge in [0, 0.05) is 25.0 Å². The molecule has 0 bridgehead atoms. The molecule has 1 rings (SSSR count). The quantitative estimate of drug-likeness (QED) is 0.801. The summed E-state index contributed by atoms with van der Waals surface area (Å²) in [5, 5.41) is 1.12. The number of hydrogen-bond donors (Lipinski definition) is 1. The molecule has 0 aliphatic rings. The van der Waals surface area contributed by atoms with Gasteiger partial charge in [-0.3, -0.25) is 0 Å². The zero-order chi connectivity index (χ0) is 9.84. The van der Waals surface area contributed by atoms with Crippen LogP contribution in [0.4, 0.5) is 0 Å². The fraction of sp³-hybridized carbons (Fsp3) is 0.667. The third-order valence-electron chi connectivity index (χ3n) is 1.99. The number of methoxy groups -OCH3 is 1. The first-order chi connectivity index (χ1) is 6.17. The smallest absolute Gasteiger partial charge is 0.0957 e. The van der Waals surface area contributed by atoms with Crippen LogP contribution in [0.15, 0.2) is 0 Å². The summed E-state index contributed by atoms with van der Waals surface area (Å²) in [4.78, 5) is 5.61. The largest absolute Gasteiger partial charge is 0.381 e. The van der Waals surface area contributed by atoms with Gasteiger partial charge in [-0.1, -0.05) is 0 Å². The van der Waals surface area contributed by atoms with Gasteiger partial charge in [0.05, 0.1) is 16.8 Å². The molecule has 1 heterocycles. The summed E-state index contributed by atoms with van der Waals surface area (Å²) >= 11 is 1.69. The number of nitrogens with two attached hydrogens (primary N) is 1. The van der Waals surface area contributed by atoms with Crippen molar-refractivity contribution in [2.75, 3.05) is 7.11 Å². The summed E-state index contributed by atoms with van der Waals surface area (Å²) in [6, 6.07) is 0. The maximum Gasteiger partial charge on any atom is 0.0957 e. The molecular formula is C9H16N2OS. The highest BCUT2D eigenvalue weighted by atomic mass is 32.1. The second-order valence-electron chi connectivity index (χ2n) is 3.07. The SMILES string of the molecule is COC(C)Cc1nc(C)c(CN)s1. The van der Waals surface area contributed by atoms with Gasteiger partial charge in [0.1, 0.15) is 0 Å². The van der Waals surface area contributed by atoms with Crippen molar-refractivity contribution >= 4 is 11.3 Å². The average Bonchev–Trinajstić information content (AvgIpc) is 2.46. The van der Waals surface area contributed by atoms with Gasteiger partial charge in [-0.25, -0.2) is 4.98 Å². The summed E-state index contributed by atoms with van der Waals surface area (Å²) in [7, 11) is 1.72. The second kappa shape index (κ2) is 4.69. The maximum atomic E-state index is 5.57. The Labute approximate surface area is 82.9 Å². The Balaban J connectivity index is 2.67. The van der Waals surface area contributed by atoms with E-state index in [9.17, 15) is 0 Å². The molecule has 13 heavy (non-hydrogen) atoms. The minimum absolute atomic E-state index is 0.233. The molecule has 4 heteroatoms. The topological polar surface area (TPSA) is 48.1 Å². The van der Waals surface area contributed by atoms with Crippen LogP contribution in [0.5, 0.6) is 0 Å². The summed E-state index contributed by atoms with van der Waals surface area (Å²) in [6.45, 7) is 4.63. The first kappa shape index (κ1) is 10.6. The minimum Gasteiger partial charge on any atom is -0.381 e. The van der Waals surface area contributed by atoms with Crippen molar-refractivity contribution in [1.82, 2.24) is 4.98 Å². The molecule has 74 valence electrons. The van der Waals surface area contributed by atoms with E-state index in [0.717, 1.165) is 17.1 Å². The summed E-state index contributed by atoms with van der Waals surface area (Å²) < 4.78 is 5.17. The first-order valence-electron chi connectivity index (χ1n) is 4.35. The van der Waals surface area contributed by atoms with Crippen LogP contribution >= 0.6 is 11.3 Å². The van der Waals surface area contributed by atoms with Crippen LogP contribution in [-0.2, 0) is 17.7 Å². The Morgan fingerprint density at radius 2 is 2.31 bits per heavy atom. The van der Waals surface area contributed by atoms with E-state index in [1.54, 1.807) is 18.4 Å². The lowest BCUT2D eigenvalue weighted by Gasteiger charge is -2.05. The molecule has 1 aromatic heterocycles. The van der Waals surface area contributed by atoms with Gasteiger partial charge in [0.25, 0.3) is 0 Å². The molecule has 0 saturated carbocycles. The lowest BCUT2D eigenvalue weighted by Crippen LogP contribution is -2.07. The number of aromatic nitrogens is 1. The fourth-order valence-electron chi connectivity index (χ4n) is 1.09. The van der Waals surface area contributed by atoms with Crippen LogP contribution in [0.25, 0.3) is 0 Å². The lowest BCUT2D eigenvalue weighted by molar-refractivity contribution is 0.118. The van der Waals surface area contributed by atoms with Crippen LogP contribution in [0.2, 0.25) is 0 Å². The molecule has 0 aromatic carbocycles. The number of rotatable bonds is 4. The van der Waals surface area contributed by atoms with Crippen molar-refractivity contribution in [2.24, 2.45) is 5.73 Å². The molecule has 3 nitrogen and oxygen atoms in total. The van der Waals surface area contributed by atoms with Crippen LogP contribution in [0.3, 0.4) is 0 Å². The van der Waals surface area contributed by atoms with Gasteiger partial charge in [0.15, 0.2) is 0 Å². The molecule has 1 aromatic rings. The molecular weight excluding hydrogens is 184 g/mol. The molecule has 1 atom stereocenters. The molecule has 0 aliphatic carbocycles. The van der Waals surface area contributed by atoms with E-state index < -0.39 is 0 Å². The summed E-state index contributed by atoms with van der Waals surface area (Å²) in [5.74, 6) is 0. The zero-order valence-corrected chi connectivity index (χ0v) is 9.15. The van der Waals surface area contributed by atoms with E-state index in [1.165, 1.54) is 4.88 Å². The average molecular weight is 200 g/mol. The van der Waals surface area contributed by atoms with Crippen LogP contribution in [0.1, 0.15) is 22.5 Å². The molecule has 0 amide bonds. The van der Waals surface area contributed by atoms with Gasteiger partial charge in [0.2, 0.25) is 0 Å².